The molecule has 0 spiro atoms. The number of benzene rings is 9. The lowest BCUT2D eigenvalue weighted by atomic mass is 9.82. The summed E-state index contributed by atoms with van der Waals surface area (Å²) in [5, 5.41) is 2.32. The van der Waals surface area contributed by atoms with Crippen LogP contribution in [0.5, 0.6) is 0 Å². The Labute approximate surface area is 378 Å². The van der Waals surface area contributed by atoms with Crippen LogP contribution in [0.3, 0.4) is 0 Å². The highest BCUT2D eigenvalue weighted by molar-refractivity contribution is 6.16. The summed E-state index contributed by atoms with van der Waals surface area (Å²) in [6.07, 6.45) is 0. The summed E-state index contributed by atoms with van der Waals surface area (Å²) in [6.45, 7) is 4.70. The van der Waals surface area contributed by atoms with Crippen molar-refractivity contribution in [2.45, 2.75) is 19.3 Å². The van der Waals surface area contributed by atoms with Gasteiger partial charge in [-0.25, -0.2) is 15.0 Å². The van der Waals surface area contributed by atoms with Crippen LogP contribution in [0.25, 0.3) is 89.4 Å². The zero-order chi connectivity index (χ0) is 43.5. The minimum atomic E-state index is -0.144. The Morgan fingerprint density at radius 1 is 0.354 bits per heavy atom. The van der Waals surface area contributed by atoms with E-state index >= 15 is 0 Å². The number of rotatable bonds is 8. The van der Waals surface area contributed by atoms with Gasteiger partial charge in [-0.1, -0.05) is 196 Å². The molecule has 0 atom stereocenters. The van der Waals surface area contributed by atoms with Crippen molar-refractivity contribution in [3.63, 3.8) is 0 Å². The number of H-pyrrole nitrogens is 1. The predicted octanol–water partition coefficient (Wildman–Crippen LogP) is 15.6. The largest absolute Gasteiger partial charge is 0.352 e. The number of para-hydroxylation sites is 2. The van der Waals surface area contributed by atoms with Gasteiger partial charge in [0.15, 0.2) is 17.5 Å². The van der Waals surface area contributed by atoms with Gasteiger partial charge in [0.2, 0.25) is 0 Å². The van der Waals surface area contributed by atoms with E-state index < -0.39 is 0 Å². The molecule has 0 fully saturated rings. The summed E-state index contributed by atoms with van der Waals surface area (Å²) in [5.41, 5.74) is 17.9. The molecule has 1 aliphatic rings. The predicted molar refractivity (Wildman–Crippen MR) is 269 cm³/mol. The van der Waals surface area contributed by atoms with E-state index in [9.17, 15) is 0 Å². The topological polar surface area (TPSA) is 57.7 Å². The van der Waals surface area contributed by atoms with E-state index in [1.54, 1.807) is 0 Å². The van der Waals surface area contributed by atoms with Crippen LogP contribution >= 0.6 is 0 Å². The Morgan fingerprint density at radius 2 is 0.846 bits per heavy atom. The first-order chi connectivity index (χ1) is 32.0. The second-order valence-corrected chi connectivity index (χ2v) is 17.3. The molecule has 2 heterocycles. The molecule has 2 aromatic heterocycles. The van der Waals surface area contributed by atoms with Crippen molar-refractivity contribution in [3.05, 3.63) is 230 Å². The lowest BCUT2D eigenvalue weighted by molar-refractivity contribution is 0.660. The molecule has 9 aromatic carbocycles. The Kier molecular flexibility index (Phi) is 9.09. The molecule has 0 radical (unpaired) electrons. The minimum Gasteiger partial charge on any atom is -0.352 e. The zero-order valence-corrected chi connectivity index (χ0v) is 36.1. The lowest BCUT2D eigenvalue weighted by Gasteiger charge is -2.28. The third-order valence-corrected chi connectivity index (χ3v) is 13.1. The van der Waals surface area contributed by atoms with Crippen LogP contribution in [0.15, 0.2) is 218 Å². The highest BCUT2D eigenvalue weighted by Crippen LogP contribution is 2.51. The first-order valence-corrected chi connectivity index (χ1v) is 22.2. The standard InChI is InChI=1S/C60H43N5/c1-60(2)52-29-13-12-25-48(52)49-36-35-46(38-53(49)60)65(45-33-31-40(32-34-45)39-17-6-3-7-18-39)54-30-16-28-51-50-27-15-26-47(55(50)61-56(51)54)43-23-14-24-44(37-43)59-63-57(41-19-8-4-9-20-41)62-58(64-59)42-21-10-5-11-22-42/h3-38,61H,1-2H3. The SMILES string of the molecule is CC1(C)c2ccccc2-c2ccc(N(c3ccc(-c4ccccc4)cc3)c3cccc4c3[nH]c3c(-c5cccc(-c6nc(-c7ccccc7)nc(-c7ccccc7)n6)c5)cccc34)cc21. The molecule has 0 bridgehead atoms. The van der Waals surface area contributed by atoms with Gasteiger partial charge in [-0.2, -0.15) is 0 Å². The smallest absolute Gasteiger partial charge is 0.164 e. The molecule has 65 heavy (non-hydrogen) atoms. The van der Waals surface area contributed by atoms with Crippen LogP contribution in [0.2, 0.25) is 0 Å². The van der Waals surface area contributed by atoms with Crippen molar-refractivity contribution >= 4 is 38.9 Å². The number of fused-ring (bicyclic) bond motifs is 6. The number of nitrogens with one attached hydrogen (secondary N) is 1. The van der Waals surface area contributed by atoms with E-state index in [2.05, 4.69) is 181 Å². The van der Waals surface area contributed by atoms with Gasteiger partial charge in [0, 0.05) is 49.8 Å². The van der Waals surface area contributed by atoms with E-state index in [1.165, 1.54) is 33.4 Å². The average Bonchev–Trinajstić information content (AvgIpc) is 3.87. The quantitative estimate of drug-likeness (QED) is 0.166. The van der Waals surface area contributed by atoms with Crippen LogP contribution in [0, 0.1) is 0 Å². The van der Waals surface area contributed by atoms with Crippen LogP contribution in [0.4, 0.5) is 17.1 Å². The summed E-state index contributed by atoms with van der Waals surface area (Å²) >= 11 is 0. The third kappa shape index (κ3) is 6.59. The van der Waals surface area contributed by atoms with Crippen molar-refractivity contribution in [1.29, 1.82) is 0 Å². The van der Waals surface area contributed by atoms with Gasteiger partial charge in [0.05, 0.1) is 16.7 Å². The van der Waals surface area contributed by atoms with Crippen LogP contribution < -0.4 is 4.90 Å². The molecule has 5 nitrogen and oxygen atoms in total. The molecule has 308 valence electrons. The van der Waals surface area contributed by atoms with Crippen molar-refractivity contribution in [2.75, 3.05) is 4.90 Å². The Hall–Kier alpha value is -8.41. The average molecular weight is 834 g/mol. The van der Waals surface area contributed by atoms with Crippen molar-refractivity contribution < 1.29 is 0 Å². The van der Waals surface area contributed by atoms with Crippen LogP contribution in [-0.4, -0.2) is 19.9 Å². The molecule has 1 N–H and O–H groups in total. The molecule has 12 rings (SSSR count). The molecular weight excluding hydrogens is 791 g/mol. The zero-order valence-electron chi connectivity index (χ0n) is 36.1. The van der Waals surface area contributed by atoms with Crippen molar-refractivity contribution in [1.82, 2.24) is 19.9 Å². The fourth-order valence-corrected chi connectivity index (χ4v) is 9.81. The normalized spacial score (nSPS) is 12.6. The number of anilines is 3. The fourth-order valence-electron chi connectivity index (χ4n) is 9.81. The molecule has 0 unspecified atom stereocenters. The van der Waals surface area contributed by atoms with E-state index in [0.717, 1.165) is 66.7 Å². The second kappa shape index (κ2) is 15.4. The summed E-state index contributed by atoms with van der Waals surface area (Å²) in [6, 6.07) is 77.5. The first kappa shape index (κ1) is 38.3. The van der Waals surface area contributed by atoms with E-state index in [1.807, 2.05) is 60.7 Å². The van der Waals surface area contributed by atoms with Gasteiger partial charge in [-0.3, -0.25) is 0 Å². The number of nitrogens with zero attached hydrogens (tertiary/aromatic N) is 4. The first-order valence-electron chi connectivity index (χ1n) is 22.2. The number of aromatic amines is 1. The van der Waals surface area contributed by atoms with Gasteiger partial charge in [0.25, 0.3) is 0 Å². The summed E-state index contributed by atoms with van der Waals surface area (Å²) in [7, 11) is 0. The number of hydrogen-bond donors (Lipinski definition) is 1. The third-order valence-electron chi connectivity index (χ3n) is 13.1. The van der Waals surface area contributed by atoms with Crippen molar-refractivity contribution in [2.24, 2.45) is 0 Å². The summed E-state index contributed by atoms with van der Waals surface area (Å²) in [4.78, 5) is 21.4. The molecule has 11 aromatic rings. The Bertz CT molecular complexity index is 3500. The molecule has 0 saturated carbocycles. The number of aromatic nitrogens is 4. The maximum absolute atomic E-state index is 5.05. The molecule has 0 aliphatic heterocycles. The molecule has 0 amide bonds. The van der Waals surface area contributed by atoms with Crippen LogP contribution in [-0.2, 0) is 5.41 Å². The Balaban J connectivity index is 1.00. The molecule has 1 aliphatic carbocycles. The highest BCUT2D eigenvalue weighted by Gasteiger charge is 2.36. The van der Waals surface area contributed by atoms with E-state index in [4.69, 9.17) is 15.0 Å². The maximum atomic E-state index is 5.05. The van der Waals surface area contributed by atoms with Gasteiger partial charge < -0.3 is 9.88 Å². The van der Waals surface area contributed by atoms with Gasteiger partial charge in [0.1, 0.15) is 0 Å². The van der Waals surface area contributed by atoms with Gasteiger partial charge in [-0.15, -0.1) is 0 Å². The highest BCUT2D eigenvalue weighted by atomic mass is 15.2. The fraction of sp³-hybridized carbons (Fsp3) is 0.0500. The lowest BCUT2D eigenvalue weighted by Crippen LogP contribution is -2.16. The summed E-state index contributed by atoms with van der Waals surface area (Å²) < 4.78 is 0. The minimum absolute atomic E-state index is 0.144. The van der Waals surface area contributed by atoms with E-state index in [0.29, 0.717) is 17.5 Å². The monoisotopic (exact) mass is 833 g/mol. The molecular formula is C60H43N5. The van der Waals surface area contributed by atoms with E-state index in [-0.39, 0.29) is 5.41 Å². The Morgan fingerprint density at radius 3 is 1.54 bits per heavy atom. The van der Waals surface area contributed by atoms with Gasteiger partial charge in [-0.05, 0) is 75.3 Å². The van der Waals surface area contributed by atoms with Crippen LogP contribution in [0.1, 0.15) is 25.0 Å². The molecule has 5 heteroatoms. The van der Waals surface area contributed by atoms with Gasteiger partial charge >= 0.3 is 0 Å². The second-order valence-electron chi connectivity index (χ2n) is 17.3. The maximum Gasteiger partial charge on any atom is 0.164 e. The van der Waals surface area contributed by atoms with Crippen molar-refractivity contribution in [3.8, 4) is 67.5 Å². The number of hydrogen-bond acceptors (Lipinski definition) is 4. The molecule has 0 saturated heterocycles. The summed E-state index contributed by atoms with van der Waals surface area (Å²) in [5.74, 6) is 1.90.